The van der Waals surface area contributed by atoms with E-state index in [1.807, 2.05) is 25.5 Å². The molecule has 0 bridgehead atoms. The zero-order valence-electron chi connectivity index (χ0n) is 19.5. The van der Waals surface area contributed by atoms with Gasteiger partial charge in [0.2, 0.25) is 0 Å². The lowest BCUT2D eigenvalue weighted by atomic mass is 9.92. The van der Waals surface area contributed by atoms with Crippen LogP contribution in [0.2, 0.25) is 0 Å². The summed E-state index contributed by atoms with van der Waals surface area (Å²) in [6.45, 7) is 4.05. The van der Waals surface area contributed by atoms with Crippen molar-refractivity contribution in [2.45, 2.75) is 44.4 Å². The first-order chi connectivity index (χ1) is 16.5. The molecule has 1 aliphatic carbocycles. The van der Waals surface area contributed by atoms with Crippen molar-refractivity contribution < 1.29 is 14.3 Å². The zero-order valence-corrected chi connectivity index (χ0v) is 19.5. The highest BCUT2D eigenvalue weighted by Gasteiger charge is 2.26. The van der Waals surface area contributed by atoms with Gasteiger partial charge in [-0.1, -0.05) is 25.0 Å². The normalized spacial score (nSPS) is 21.7. The van der Waals surface area contributed by atoms with E-state index in [4.69, 9.17) is 0 Å². The van der Waals surface area contributed by atoms with Gasteiger partial charge in [0.05, 0.1) is 24.0 Å². The highest BCUT2D eigenvalue weighted by molar-refractivity contribution is 5.96. The summed E-state index contributed by atoms with van der Waals surface area (Å²) in [5, 5.41) is 18.2. The maximum Gasteiger partial charge on any atom is 0.270 e. The van der Waals surface area contributed by atoms with E-state index < -0.39 is 11.9 Å². The number of halogens is 1. The van der Waals surface area contributed by atoms with Crippen LogP contribution in [-0.2, 0) is 13.6 Å². The number of piperazine rings is 1. The molecular weight excluding hydrogens is 435 g/mol. The van der Waals surface area contributed by atoms with Crippen molar-refractivity contribution in [2.24, 2.45) is 7.05 Å². The van der Waals surface area contributed by atoms with Gasteiger partial charge in [-0.3, -0.25) is 14.4 Å². The number of nitrogens with one attached hydrogen (secondary N) is 1. The van der Waals surface area contributed by atoms with E-state index in [9.17, 15) is 14.3 Å². The molecule has 1 aromatic carbocycles. The van der Waals surface area contributed by atoms with E-state index in [2.05, 4.69) is 25.2 Å². The first-order valence-corrected chi connectivity index (χ1v) is 12.0. The second-order valence-corrected chi connectivity index (χ2v) is 9.37. The highest BCUT2D eigenvalue weighted by Crippen LogP contribution is 2.25. The van der Waals surface area contributed by atoms with E-state index in [0.717, 1.165) is 62.1 Å². The van der Waals surface area contributed by atoms with Gasteiger partial charge in [0.1, 0.15) is 17.0 Å². The average Bonchev–Trinajstić information content (AvgIpc) is 3.27. The van der Waals surface area contributed by atoms with Gasteiger partial charge in [-0.15, -0.1) is 0 Å². The van der Waals surface area contributed by atoms with Crippen molar-refractivity contribution in [2.75, 3.05) is 31.1 Å². The summed E-state index contributed by atoms with van der Waals surface area (Å²) in [4.78, 5) is 22.0. The third-order valence-electron chi connectivity index (χ3n) is 6.98. The van der Waals surface area contributed by atoms with E-state index in [1.54, 1.807) is 16.8 Å². The Morgan fingerprint density at radius 2 is 2.00 bits per heavy atom. The molecule has 3 aromatic rings. The fourth-order valence-electron chi connectivity index (χ4n) is 5.03. The summed E-state index contributed by atoms with van der Waals surface area (Å²) in [7, 11) is 1.91. The number of aryl methyl sites for hydroxylation is 1. The largest absolute Gasteiger partial charge is 0.391 e. The van der Waals surface area contributed by atoms with E-state index in [0.29, 0.717) is 13.0 Å². The van der Waals surface area contributed by atoms with Crippen molar-refractivity contribution >= 4 is 22.5 Å². The van der Waals surface area contributed by atoms with E-state index in [-0.39, 0.29) is 23.2 Å². The quantitative estimate of drug-likeness (QED) is 0.601. The number of hydrogen-bond acceptors (Lipinski definition) is 6. The predicted octanol–water partition coefficient (Wildman–Crippen LogP) is 2.46. The third-order valence-corrected chi connectivity index (χ3v) is 6.98. The molecule has 1 saturated carbocycles. The number of benzene rings is 1. The molecule has 8 nitrogen and oxygen atoms in total. The van der Waals surface area contributed by atoms with Gasteiger partial charge in [0.25, 0.3) is 5.91 Å². The lowest BCUT2D eigenvalue weighted by Crippen LogP contribution is -2.46. The molecular formula is C25H31FN6O2. The van der Waals surface area contributed by atoms with Gasteiger partial charge in [-0.2, -0.15) is 5.10 Å². The SMILES string of the molecule is Cn1cc(N2CCN(Cc3cc(C(=O)NC4CCCCC4O)nc4c(F)cccc34)CC2)cn1. The Hall–Kier alpha value is -3.04. The number of aromatic nitrogens is 3. The molecule has 2 aromatic heterocycles. The fraction of sp³-hybridized carbons (Fsp3) is 0.480. The smallest absolute Gasteiger partial charge is 0.270 e. The van der Waals surface area contributed by atoms with Gasteiger partial charge < -0.3 is 15.3 Å². The van der Waals surface area contributed by atoms with Crippen LogP contribution in [-0.4, -0.2) is 69.0 Å². The second kappa shape index (κ2) is 9.68. The number of hydrogen-bond donors (Lipinski definition) is 2. The van der Waals surface area contributed by atoms with Crippen molar-refractivity contribution in [3.05, 3.63) is 53.7 Å². The molecule has 2 atom stereocenters. The van der Waals surface area contributed by atoms with Crippen LogP contribution in [0, 0.1) is 5.82 Å². The molecule has 2 N–H and O–H groups in total. The first-order valence-electron chi connectivity index (χ1n) is 12.0. The van der Waals surface area contributed by atoms with Gasteiger partial charge in [-0.25, -0.2) is 9.37 Å². The molecule has 1 amide bonds. The Kier molecular flexibility index (Phi) is 6.47. The molecule has 34 heavy (non-hydrogen) atoms. The van der Waals surface area contributed by atoms with Crippen molar-refractivity contribution in [1.82, 2.24) is 25.0 Å². The molecule has 1 aliphatic heterocycles. The summed E-state index contributed by atoms with van der Waals surface area (Å²) in [6, 6.07) is 6.40. The summed E-state index contributed by atoms with van der Waals surface area (Å²) < 4.78 is 16.5. The molecule has 9 heteroatoms. The molecule has 1 saturated heterocycles. The van der Waals surface area contributed by atoms with Crippen molar-refractivity contribution in [3.63, 3.8) is 0 Å². The number of anilines is 1. The molecule has 2 unspecified atom stereocenters. The van der Waals surface area contributed by atoms with Crippen LogP contribution in [0.4, 0.5) is 10.1 Å². The minimum atomic E-state index is -0.550. The van der Waals surface area contributed by atoms with Gasteiger partial charge in [0.15, 0.2) is 0 Å². The Morgan fingerprint density at radius 1 is 1.21 bits per heavy atom. The number of carbonyl (C=O) groups excluding carboxylic acids is 1. The minimum Gasteiger partial charge on any atom is -0.391 e. The zero-order chi connectivity index (χ0) is 23.7. The molecule has 5 rings (SSSR count). The van der Waals surface area contributed by atoms with Crippen molar-refractivity contribution in [3.8, 4) is 0 Å². The predicted molar refractivity (Wildman–Crippen MR) is 128 cm³/mol. The summed E-state index contributed by atoms with van der Waals surface area (Å²) >= 11 is 0. The van der Waals surface area contributed by atoms with E-state index >= 15 is 0 Å². The topological polar surface area (TPSA) is 86.5 Å². The maximum absolute atomic E-state index is 14.7. The number of pyridine rings is 1. The summed E-state index contributed by atoms with van der Waals surface area (Å²) in [6.07, 6.45) is 6.70. The molecule has 2 fully saturated rings. The minimum absolute atomic E-state index is 0.194. The maximum atomic E-state index is 14.7. The number of carbonyl (C=O) groups is 1. The van der Waals surface area contributed by atoms with Crippen LogP contribution in [0.3, 0.4) is 0 Å². The van der Waals surface area contributed by atoms with Gasteiger partial charge in [-0.05, 0) is 30.5 Å². The number of amides is 1. The number of para-hydroxylation sites is 1. The molecule has 0 spiro atoms. The van der Waals surface area contributed by atoms with Crippen LogP contribution in [0.15, 0.2) is 36.7 Å². The first kappa shape index (κ1) is 22.7. The number of rotatable bonds is 5. The highest BCUT2D eigenvalue weighted by atomic mass is 19.1. The number of nitrogens with zero attached hydrogens (tertiary/aromatic N) is 5. The standard InChI is InChI=1S/C25H31FN6O2/c1-30-16-18(14-27-30)32-11-9-31(10-12-32)15-17-13-22(28-24-19(17)5-4-6-20(24)26)25(34)29-21-7-2-3-8-23(21)33/h4-6,13-14,16,21,23,33H,2-3,7-12,15H2,1H3,(H,29,34). The monoisotopic (exact) mass is 466 g/mol. The van der Waals surface area contributed by atoms with Crippen LogP contribution in [0.1, 0.15) is 41.7 Å². The number of fused-ring (bicyclic) bond motifs is 1. The molecule has 0 radical (unpaired) electrons. The molecule has 3 heterocycles. The average molecular weight is 467 g/mol. The van der Waals surface area contributed by atoms with Gasteiger partial charge in [0, 0.05) is 51.4 Å². The van der Waals surface area contributed by atoms with Crippen LogP contribution >= 0.6 is 0 Å². The number of aliphatic hydroxyl groups is 1. The Bertz CT molecular complexity index is 1170. The number of aliphatic hydroxyl groups excluding tert-OH is 1. The lowest BCUT2D eigenvalue weighted by molar-refractivity contribution is 0.0714. The van der Waals surface area contributed by atoms with Crippen LogP contribution < -0.4 is 10.2 Å². The second-order valence-electron chi connectivity index (χ2n) is 9.37. The van der Waals surface area contributed by atoms with Crippen LogP contribution in [0.5, 0.6) is 0 Å². The van der Waals surface area contributed by atoms with Crippen LogP contribution in [0.25, 0.3) is 10.9 Å². The Balaban J connectivity index is 1.35. The fourth-order valence-corrected chi connectivity index (χ4v) is 5.03. The van der Waals surface area contributed by atoms with Crippen molar-refractivity contribution in [1.29, 1.82) is 0 Å². The van der Waals surface area contributed by atoms with Gasteiger partial charge >= 0.3 is 0 Å². The molecule has 180 valence electrons. The third kappa shape index (κ3) is 4.76. The van der Waals surface area contributed by atoms with E-state index in [1.165, 1.54) is 6.07 Å². The summed E-state index contributed by atoms with van der Waals surface area (Å²) in [5.74, 6) is -0.800. The Labute approximate surface area is 198 Å². The summed E-state index contributed by atoms with van der Waals surface area (Å²) in [5.41, 5.74) is 2.40. The lowest BCUT2D eigenvalue weighted by Gasteiger charge is -2.35. The molecule has 2 aliphatic rings. The Morgan fingerprint density at radius 3 is 2.74 bits per heavy atom.